The predicted octanol–water partition coefficient (Wildman–Crippen LogP) is 4.56. The molecular formula is C24H22N4OS. The topological polar surface area (TPSA) is 52.2 Å². The van der Waals surface area contributed by atoms with Gasteiger partial charge in [-0.05, 0) is 37.0 Å². The predicted molar refractivity (Wildman–Crippen MR) is 121 cm³/mol. The Morgan fingerprint density at radius 3 is 2.30 bits per heavy atom. The van der Waals surface area contributed by atoms with Gasteiger partial charge in [0.1, 0.15) is 4.83 Å². The van der Waals surface area contributed by atoms with Crippen LogP contribution >= 0.6 is 11.3 Å². The normalized spacial score (nSPS) is 11.5. The molecule has 2 aromatic carbocycles. The van der Waals surface area contributed by atoms with Gasteiger partial charge in [-0.25, -0.2) is 9.78 Å². The van der Waals surface area contributed by atoms with Crippen LogP contribution in [0.4, 0.5) is 0 Å². The molecule has 5 nitrogen and oxygen atoms in total. The molecule has 0 unspecified atom stereocenters. The summed E-state index contributed by atoms with van der Waals surface area (Å²) in [4.78, 5) is 20.3. The maximum absolute atomic E-state index is 13.4. The molecule has 0 atom stereocenters. The molecule has 5 aromatic rings. The van der Waals surface area contributed by atoms with Crippen molar-refractivity contribution in [3.05, 3.63) is 98.5 Å². The average molecular weight is 415 g/mol. The van der Waals surface area contributed by atoms with Crippen LogP contribution < -0.4 is 5.69 Å². The first-order valence-electron chi connectivity index (χ1n) is 10.1. The minimum Gasteiger partial charge on any atom is -0.283 e. The van der Waals surface area contributed by atoms with Crippen molar-refractivity contribution in [3.8, 4) is 0 Å². The second-order valence-corrected chi connectivity index (χ2v) is 8.76. The number of rotatable bonds is 5. The van der Waals surface area contributed by atoms with E-state index < -0.39 is 0 Å². The largest absolute Gasteiger partial charge is 0.351 e. The molecule has 0 saturated heterocycles. The summed E-state index contributed by atoms with van der Waals surface area (Å²) in [6.07, 6.45) is 1.40. The molecule has 6 heteroatoms. The Kier molecular flexibility index (Phi) is 4.71. The molecular weight excluding hydrogens is 392 g/mol. The molecule has 0 N–H and O–H groups in total. The Bertz CT molecular complexity index is 1400. The van der Waals surface area contributed by atoms with E-state index in [0.29, 0.717) is 24.4 Å². The first kappa shape index (κ1) is 18.8. The summed E-state index contributed by atoms with van der Waals surface area (Å²) in [5.41, 5.74) is 4.06. The van der Waals surface area contributed by atoms with Crippen LogP contribution in [0.1, 0.15) is 27.4 Å². The van der Waals surface area contributed by atoms with E-state index >= 15 is 0 Å². The van der Waals surface area contributed by atoms with Gasteiger partial charge < -0.3 is 0 Å². The lowest BCUT2D eigenvalue weighted by atomic mass is 10.1. The van der Waals surface area contributed by atoms with Crippen LogP contribution in [-0.4, -0.2) is 19.2 Å². The quantitative estimate of drug-likeness (QED) is 0.424. The zero-order valence-corrected chi connectivity index (χ0v) is 17.8. The van der Waals surface area contributed by atoms with E-state index in [2.05, 4.69) is 43.2 Å². The van der Waals surface area contributed by atoms with Crippen LogP contribution in [0.2, 0.25) is 0 Å². The van der Waals surface area contributed by atoms with Crippen molar-refractivity contribution in [2.24, 2.45) is 0 Å². The van der Waals surface area contributed by atoms with Crippen LogP contribution in [-0.2, 0) is 19.4 Å². The molecule has 0 bridgehead atoms. The molecule has 5 rings (SSSR count). The third-order valence-electron chi connectivity index (χ3n) is 5.57. The second-order valence-electron chi connectivity index (χ2n) is 7.56. The molecule has 0 aliphatic carbocycles. The van der Waals surface area contributed by atoms with E-state index in [1.807, 2.05) is 41.0 Å². The van der Waals surface area contributed by atoms with Gasteiger partial charge in [0, 0.05) is 17.8 Å². The highest BCUT2D eigenvalue weighted by Gasteiger charge is 2.19. The Balaban J connectivity index is 1.65. The van der Waals surface area contributed by atoms with Crippen molar-refractivity contribution < 1.29 is 0 Å². The summed E-state index contributed by atoms with van der Waals surface area (Å²) in [7, 11) is 0. The lowest BCUT2D eigenvalue weighted by Gasteiger charge is -2.08. The highest BCUT2D eigenvalue weighted by molar-refractivity contribution is 7.19. The maximum atomic E-state index is 13.4. The minimum atomic E-state index is -0.124. The van der Waals surface area contributed by atoms with Crippen molar-refractivity contribution in [2.45, 2.75) is 33.2 Å². The Morgan fingerprint density at radius 1 is 0.933 bits per heavy atom. The number of aromatic nitrogens is 4. The van der Waals surface area contributed by atoms with E-state index in [1.165, 1.54) is 20.5 Å². The van der Waals surface area contributed by atoms with Crippen molar-refractivity contribution in [1.29, 1.82) is 0 Å². The fourth-order valence-electron chi connectivity index (χ4n) is 3.85. The number of fused-ring (bicyclic) bond motifs is 3. The lowest BCUT2D eigenvalue weighted by Crippen LogP contribution is -2.28. The van der Waals surface area contributed by atoms with E-state index in [9.17, 15) is 4.79 Å². The number of thiophene rings is 1. The maximum Gasteiger partial charge on any atom is 0.351 e. The lowest BCUT2D eigenvalue weighted by molar-refractivity contribution is 0.652. The molecule has 3 heterocycles. The summed E-state index contributed by atoms with van der Waals surface area (Å²) >= 11 is 1.66. The van der Waals surface area contributed by atoms with Gasteiger partial charge in [-0.15, -0.1) is 16.4 Å². The van der Waals surface area contributed by atoms with E-state index in [4.69, 9.17) is 4.98 Å². The van der Waals surface area contributed by atoms with Crippen molar-refractivity contribution in [1.82, 2.24) is 19.2 Å². The van der Waals surface area contributed by atoms with Gasteiger partial charge in [-0.2, -0.15) is 4.52 Å². The smallest absolute Gasteiger partial charge is 0.283 e. The van der Waals surface area contributed by atoms with Gasteiger partial charge in [-0.3, -0.25) is 4.57 Å². The Labute approximate surface area is 178 Å². The van der Waals surface area contributed by atoms with E-state index in [1.54, 1.807) is 11.3 Å². The molecule has 3 aromatic heterocycles. The number of hydrogen-bond acceptors (Lipinski definition) is 4. The van der Waals surface area contributed by atoms with Crippen molar-refractivity contribution >= 4 is 27.2 Å². The average Bonchev–Trinajstić information content (AvgIpc) is 3.30. The number of hydrogen-bond donors (Lipinski definition) is 0. The molecule has 30 heavy (non-hydrogen) atoms. The molecule has 0 spiro atoms. The van der Waals surface area contributed by atoms with Crippen LogP contribution in [0.25, 0.3) is 15.9 Å². The van der Waals surface area contributed by atoms with Crippen molar-refractivity contribution in [3.63, 3.8) is 0 Å². The fraction of sp³-hybridized carbons (Fsp3) is 0.208. The van der Waals surface area contributed by atoms with Crippen molar-refractivity contribution in [2.75, 3.05) is 0 Å². The summed E-state index contributed by atoms with van der Waals surface area (Å²) in [5, 5.41) is 5.64. The number of benzene rings is 2. The molecule has 0 aliphatic heterocycles. The number of aryl methyl sites for hydroxylation is 4. The third kappa shape index (κ3) is 3.23. The Hall–Kier alpha value is -3.25. The summed E-state index contributed by atoms with van der Waals surface area (Å²) in [6.45, 7) is 4.82. The third-order valence-corrected chi connectivity index (χ3v) is 6.80. The van der Waals surface area contributed by atoms with Crippen LogP contribution in [0.5, 0.6) is 0 Å². The summed E-state index contributed by atoms with van der Waals surface area (Å²) in [5.74, 6) is 0.670. The fourth-order valence-corrected chi connectivity index (χ4v) is 5.02. The van der Waals surface area contributed by atoms with Gasteiger partial charge >= 0.3 is 5.69 Å². The molecule has 0 saturated carbocycles. The zero-order valence-electron chi connectivity index (χ0n) is 17.0. The number of nitrogens with zero attached hydrogens (tertiary/aromatic N) is 4. The Morgan fingerprint density at radius 2 is 1.60 bits per heavy atom. The first-order valence-corrected chi connectivity index (χ1v) is 10.9. The molecule has 0 amide bonds. The standard InChI is InChI=1S/C24H22N4OS/c1-16-17(2)30-23-21(16)22-25-20(15-19-11-7-4-8-12-19)26-28(22)24(29)27(23)14-13-18-9-5-3-6-10-18/h3-12H,13-15H2,1-2H3. The molecule has 150 valence electrons. The zero-order chi connectivity index (χ0) is 20.7. The van der Waals surface area contributed by atoms with Gasteiger partial charge in [0.2, 0.25) is 0 Å². The van der Waals surface area contributed by atoms with Crippen LogP contribution in [0.3, 0.4) is 0 Å². The summed E-state index contributed by atoms with van der Waals surface area (Å²) < 4.78 is 3.35. The van der Waals surface area contributed by atoms with Crippen LogP contribution in [0.15, 0.2) is 65.5 Å². The molecule has 0 radical (unpaired) electrons. The van der Waals surface area contributed by atoms with E-state index in [0.717, 1.165) is 22.2 Å². The van der Waals surface area contributed by atoms with Gasteiger partial charge in [0.15, 0.2) is 11.5 Å². The van der Waals surface area contributed by atoms with Gasteiger partial charge in [0.25, 0.3) is 0 Å². The summed E-state index contributed by atoms with van der Waals surface area (Å²) in [6, 6.07) is 20.4. The minimum absolute atomic E-state index is 0.124. The highest BCUT2D eigenvalue weighted by Crippen LogP contribution is 2.32. The molecule has 0 fully saturated rings. The highest BCUT2D eigenvalue weighted by atomic mass is 32.1. The second kappa shape index (κ2) is 7.54. The van der Waals surface area contributed by atoms with E-state index in [-0.39, 0.29) is 5.69 Å². The molecule has 0 aliphatic rings. The van der Waals surface area contributed by atoms with Gasteiger partial charge in [0.05, 0.1) is 5.39 Å². The van der Waals surface area contributed by atoms with Crippen LogP contribution in [0, 0.1) is 13.8 Å². The van der Waals surface area contributed by atoms with Gasteiger partial charge in [-0.1, -0.05) is 60.7 Å². The first-order chi connectivity index (χ1) is 14.6. The monoisotopic (exact) mass is 414 g/mol. The SMILES string of the molecule is Cc1sc2c(c1C)c1nc(Cc3ccccc3)nn1c(=O)n2CCc1ccccc1.